The van der Waals surface area contributed by atoms with E-state index >= 15 is 0 Å². The predicted molar refractivity (Wildman–Crippen MR) is 105 cm³/mol. The molecule has 1 unspecified atom stereocenters. The minimum Gasteiger partial charge on any atom is -0.379 e. The highest BCUT2D eigenvalue weighted by Crippen LogP contribution is 2.11. The molecule has 26 heavy (non-hydrogen) atoms. The summed E-state index contributed by atoms with van der Waals surface area (Å²) < 4.78 is 13.3. The minimum absolute atomic E-state index is 0.309. The van der Waals surface area contributed by atoms with Gasteiger partial charge in [0.2, 0.25) is 0 Å². The van der Waals surface area contributed by atoms with Crippen molar-refractivity contribution in [2.24, 2.45) is 4.99 Å². The van der Waals surface area contributed by atoms with Gasteiger partial charge in [-0.1, -0.05) is 0 Å². The zero-order valence-corrected chi connectivity index (χ0v) is 16.6. The molecule has 2 heterocycles. The Balaban J connectivity index is 1.57. The zero-order valence-electron chi connectivity index (χ0n) is 16.6. The van der Waals surface area contributed by atoms with Crippen LogP contribution in [0.2, 0.25) is 0 Å². The van der Waals surface area contributed by atoms with Crippen LogP contribution < -0.4 is 10.6 Å². The van der Waals surface area contributed by atoms with Gasteiger partial charge in [0.15, 0.2) is 5.96 Å². The number of rotatable bonds is 11. The molecule has 0 amide bonds. The summed E-state index contributed by atoms with van der Waals surface area (Å²) in [6.45, 7) is 12.0. The van der Waals surface area contributed by atoms with Crippen molar-refractivity contribution in [3.63, 3.8) is 0 Å². The lowest BCUT2D eigenvalue weighted by Gasteiger charge is -2.12. The second kappa shape index (κ2) is 11.9. The Labute approximate surface area is 157 Å². The van der Waals surface area contributed by atoms with E-state index in [9.17, 15) is 0 Å². The fourth-order valence-electron chi connectivity index (χ4n) is 3.03. The summed E-state index contributed by atoms with van der Waals surface area (Å²) >= 11 is 0. The molecule has 1 aromatic rings. The van der Waals surface area contributed by atoms with Gasteiger partial charge in [0.1, 0.15) is 0 Å². The van der Waals surface area contributed by atoms with Crippen LogP contribution in [0.25, 0.3) is 0 Å². The van der Waals surface area contributed by atoms with E-state index in [-0.39, 0.29) is 0 Å². The van der Waals surface area contributed by atoms with Crippen LogP contribution in [0.3, 0.4) is 0 Å². The van der Waals surface area contributed by atoms with E-state index in [1.807, 2.05) is 6.92 Å². The first-order valence-corrected chi connectivity index (χ1v) is 9.91. The second-order valence-electron chi connectivity index (χ2n) is 6.75. The highest BCUT2D eigenvalue weighted by atomic mass is 16.5. The molecule has 0 saturated carbocycles. The van der Waals surface area contributed by atoms with Crippen LogP contribution in [0.4, 0.5) is 0 Å². The lowest BCUT2D eigenvalue weighted by Crippen LogP contribution is -2.38. The quantitative estimate of drug-likeness (QED) is 0.357. The Morgan fingerprint density at radius 3 is 2.96 bits per heavy atom. The number of guanidine groups is 1. The molecule has 0 aliphatic carbocycles. The Bertz CT molecular complexity index is 538. The van der Waals surface area contributed by atoms with Gasteiger partial charge in [-0.25, -0.2) is 0 Å². The topological polar surface area (TPSA) is 72.7 Å². The fraction of sp³-hybridized carbons (Fsp3) is 0.789. The normalized spacial score (nSPS) is 17.7. The first kappa shape index (κ1) is 20.7. The van der Waals surface area contributed by atoms with E-state index in [1.54, 1.807) is 0 Å². The summed E-state index contributed by atoms with van der Waals surface area (Å²) in [5.74, 6) is 0.875. The predicted octanol–water partition coefficient (Wildman–Crippen LogP) is 2.03. The maximum Gasteiger partial charge on any atom is 0.191 e. The van der Waals surface area contributed by atoms with E-state index in [2.05, 4.69) is 45.3 Å². The molecule has 0 spiro atoms. The third-order valence-corrected chi connectivity index (χ3v) is 4.33. The molecule has 0 aromatic carbocycles. The smallest absolute Gasteiger partial charge is 0.191 e. The molecule has 1 aromatic heterocycles. The van der Waals surface area contributed by atoms with Gasteiger partial charge in [-0.2, -0.15) is 5.10 Å². The lowest BCUT2D eigenvalue weighted by molar-refractivity contribution is 0.0168. The van der Waals surface area contributed by atoms with Crippen LogP contribution in [0.5, 0.6) is 0 Å². The summed E-state index contributed by atoms with van der Waals surface area (Å²) in [5.41, 5.74) is 2.28. The molecule has 0 bridgehead atoms. The van der Waals surface area contributed by atoms with Crippen LogP contribution in [0.15, 0.2) is 11.1 Å². The lowest BCUT2D eigenvalue weighted by atomic mass is 10.2. The molecular formula is C19H35N5O2. The van der Waals surface area contributed by atoms with E-state index in [1.165, 1.54) is 5.69 Å². The molecule has 2 rings (SSSR count). The molecule has 7 nitrogen and oxygen atoms in total. The van der Waals surface area contributed by atoms with Gasteiger partial charge in [-0.3, -0.25) is 9.67 Å². The number of hydrogen-bond donors (Lipinski definition) is 2. The number of aromatic nitrogens is 2. The molecule has 1 aliphatic heterocycles. The van der Waals surface area contributed by atoms with Gasteiger partial charge in [-0.15, -0.1) is 0 Å². The van der Waals surface area contributed by atoms with Crippen molar-refractivity contribution in [2.45, 2.75) is 59.1 Å². The average molecular weight is 366 g/mol. The largest absolute Gasteiger partial charge is 0.379 e. The SMILES string of the molecule is CCNC(=NCCCn1nc(C)cc1C)NCCCOCC1CCCO1. The third kappa shape index (κ3) is 7.74. The van der Waals surface area contributed by atoms with Crippen molar-refractivity contribution < 1.29 is 9.47 Å². The Hall–Kier alpha value is -1.60. The number of ether oxygens (including phenoxy) is 2. The van der Waals surface area contributed by atoms with Crippen molar-refractivity contribution in [3.8, 4) is 0 Å². The second-order valence-corrected chi connectivity index (χ2v) is 6.75. The van der Waals surface area contributed by atoms with Gasteiger partial charge in [-0.05, 0) is 52.5 Å². The van der Waals surface area contributed by atoms with Gasteiger partial charge in [0.25, 0.3) is 0 Å². The number of aryl methyl sites for hydroxylation is 3. The zero-order chi connectivity index (χ0) is 18.6. The highest BCUT2D eigenvalue weighted by molar-refractivity contribution is 5.79. The summed E-state index contributed by atoms with van der Waals surface area (Å²) in [4.78, 5) is 4.64. The molecule has 0 radical (unpaired) electrons. The molecule has 148 valence electrons. The Kier molecular flexibility index (Phi) is 9.48. The number of aliphatic imine (C=N–C) groups is 1. The first-order valence-electron chi connectivity index (χ1n) is 9.91. The number of hydrogen-bond acceptors (Lipinski definition) is 4. The summed E-state index contributed by atoms with van der Waals surface area (Å²) in [6.07, 6.45) is 4.54. The molecule has 1 aliphatic rings. The monoisotopic (exact) mass is 365 g/mol. The third-order valence-electron chi connectivity index (χ3n) is 4.33. The van der Waals surface area contributed by atoms with E-state index in [4.69, 9.17) is 9.47 Å². The fourth-order valence-corrected chi connectivity index (χ4v) is 3.03. The summed E-state index contributed by atoms with van der Waals surface area (Å²) in [7, 11) is 0. The number of nitrogens with one attached hydrogen (secondary N) is 2. The maximum atomic E-state index is 5.69. The molecule has 2 N–H and O–H groups in total. The van der Waals surface area contributed by atoms with Gasteiger partial charge < -0.3 is 20.1 Å². The van der Waals surface area contributed by atoms with Crippen molar-refractivity contribution in [3.05, 3.63) is 17.5 Å². The van der Waals surface area contributed by atoms with Crippen molar-refractivity contribution in [1.29, 1.82) is 0 Å². The van der Waals surface area contributed by atoms with Crippen LogP contribution in [0.1, 0.15) is 44.0 Å². The van der Waals surface area contributed by atoms with Crippen LogP contribution in [-0.2, 0) is 16.0 Å². The Morgan fingerprint density at radius 2 is 2.27 bits per heavy atom. The molecule has 1 atom stereocenters. The first-order chi connectivity index (χ1) is 12.7. The van der Waals surface area contributed by atoms with E-state index < -0.39 is 0 Å². The van der Waals surface area contributed by atoms with Crippen molar-refractivity contribution >= 4 is 5.96 Å². The van der Waals surface area contributed by atoms with Crippen LogP contribution in [-0.4, -0.2) is 61.3 Å². The average Bonchev–Trinajstić information content (AvgIpc) is 3.24. The van der Waals surface area contributed by atoms with Crippen molar-refractivity contribution in [1.82, 2.24) is 20.4 Å². The molecule has 1 fully saturated rings. The van der Waals surface area contributed by atoms with Gasteiger partial charge >= 0.3 is 0 Å². The van der Waals surface area contributed by atoms with Gasteiger partial charge in [0, 0.05) is 45.1 Å². The standard InChI is InChI=1S/C19H35N5O2/c1-4-20-19(21-9-6-11-24-17(3)14-16(2)23-24)22-10-7-12-25-15-18-8-5-13-26-18/h14,18H,4-13,15H2,1-3H3,(H2,20,21,22). The number of nitrogens with zero attached hydrogens (tertiary/aromatic N) is 3. The van der Waals surface area contributed by atoms with E-state index in [0.29, 0.717) is 6.10 Å². The highest BCUT2D eigenvalue weighted by Gasteiger charge is 2.14. The van der Waals surface area contributed by atoms with Crippen molar-refractivity contribution in [2.75, 3.05) is 39.5 Å². The van der Waals surface area contributed by atoms with Crippen LogP contribution in [0, 0.1) is 13.8 Å². The summed E-state index contributed by atoms with van der Waals surface area (Å²) in [6, 6.07) is 2.11. The summed E-state index contributed by atoms with van der Waals surface area (Å²) in [5, 5.41) is 11.1. The van der Waals surface area contributed by atoms with E-state index in [0.717, 1.165) is 83.3 Å². The Morgan fingerprint density at radius 1 is 1.38 bits per heavy atom. The molecular weight excluding hydrogens is 330 g/mol. The molecule has 7 heteroatoms. The van der Waals surface area contributed by atoms with Crippen LogP contribution >= 0.6 is 0 Å². The molecule has 1 saturated heterocycles. The maximum absolute atomic E-state index is 5.69. The van der Waals surface area contributed by atoms with Gasteiger partial charge in [0.05, 0.1) is 18.4 Å². The minimum atomic E-state index is 0.309.